The second-order valence-corrected chi connectivity index (χ2v) is 6.87. The molecule has 0 radical (unpaired) electrons. The number of alkyl carbamates (subject to hydrolysis) is 1. The fourth-order valence-electron chi connectivity index (χ4n) is 2.79. The lowest BCUT2D eigenvalue weighted by atomic mass is 9.98. The second kappa shape index (κ2) is 13.0. The average Bonchev–Trinajstić information content (AvgIpc) is 2.76. The third kappa shape index (κ3) is 9.23. The van der Waals surface area contributed by atoms with Gasteiger partial charge in [0.15, 0.2) is 0 Å². The van der Waals surface area contributed by atoms with Gasteiger partial charge in [-0.05, 0) is 24.0 Å². The van der Waals surface area contributed by atoms with Crippen molar-refractivity contribution in [1.82, 2.24) is 5.32 Å². The van der Waals surface area contributed by atoms with Crippen LogP contribution in [0.25, 0.3) is 0 Å². The van der Waals surface area contributed by atoms with Crippen LogP contribution in [0.2, 0.25) is 0 Å². The molecule has 0 bridgehead atoms. The largest absolute Gasteiger partial charge is 0.481 e. The standard InChI is InChI=1S/C23H27NO6/c25-21(29-16-18-9-3-1-4-10-18)15-20(22(26)27)13-7-8-14-24-23(28)30-17-19-11-5-2-6-12-19/h1-6,9-12,20H,7-8,13-17H2,(H,24,28)(H,26,27)/t20-/m1/s1. The number of esters is 1. The lowest BCUT2D eigenvalue weighted by Crippen LogP contribution is -2.25. The van der Waals surface area contributed by atoms with Crippen LogP contribution < -0.4 is 5.32 Å². The number of nitrogens with one attached hydrogen (secondary N) is 1. The Labute approximate surface area is 176 Å². The summed E-state index contributed by atoms with van der Waals surface area (Å²) in [7, 11) is 0. The summed E-state index contributed by atoms with van der Waals surface area (Å²) in [6.07, 6.45) is 0.786. The van der Waals surface area contributed by atoms with E-state index in [0.717, 1.165) is 11.1 Å². The first-order valence-electron chi connectivity index (χ1n) is 9.91. The maximum Gasteiger partial charge on any atom is 0.407 e. The van der Waals surface area contributed by atoms with Crippen molar-refractivity contribution < 1.29 is 29.0 Å². The smallest absolute Gasteiger partial charge is 0.407 e. The number of amides is 1. The van der Waals surface area contributed by atoms with Crippen molar-refractivity contribution in [3.63, 3.8) is 0 Å². The van der Waals surface area contributed by atoms with Crippen molar-refractivity contribution in [2.45, 2.75) is 38.9 Å². The second-order valence-electron chi connectivity index (χ2n) is 6.87. The van der Waals surface area contributed by atoms with Gasteiger partial charge in [0.2, 0.25) is 0 Å². The van der Waals surface area contributed by atoms with E-state index < -0.39 is 23.9 Å². The molecule has 2 N–H and O–H groups in total. The van der Waals surface area contributed by atoms with Gasteiger partial charge in [-0.25, -0.2) is 4.79 Å². The number of unbranched alkanes of at least 4 members (excludes halogenated alkanes) is 1. The van der Waals surface area contributed by atoms with Gasteiger partial charge in [-0.3, -0.25) is 9.59 Å². The normalized spacial score (nSPS) is 11.3. The first kappa shape index (κ1) is 22.9. The van der Waals surface area contributed by atoms with Crippen LogP contribution >= 0.6 is 0 Å². The van der Waals surface area contributed by atoms with Gasteiger partial charge in [-0.2, -0.15) is 0 Å². The lowest BCUT2D eigenvalue weighted by molar-refractivity contribution is -0.152. The zero-order valence-electron chi connectivity index (χ0n) is 16.8. The zero-order valence-corrected chi connectivity index (χ0v) is 16.8. The first-order chi connectivity index (χ1) is 14.5. The predicted molar refractivity (Wildman–Crippen MR) is 110 cm³/mol. The molecule has 2 aromatic rings. The SMILES string of the molecule is O=C(C[C@@H](CCCCNC(=O)OCc1ccccc1)C(=O)O)OCc1ccccc1. The third-order valence-corrected chi connectivity index (χ3v) is 4.47. The van der Waals surface area contributed by atoms with E-state index in [4.69, 9.17) is 9.47 Å². The molecule has 0 spiro atoms. The van der Waals surface area contributed by atoms with Crippen LogP contribution in [0, 0.1) is 5.92 Å². The van der Waals surface area contributed by atoms with Crippen LogP contribution in [0.3, 0.4) is 0 Å². The summed E-state index contributed by atoms with van der Waals surface area (Å²) in [5, 5.41) is 12.0. The highest BCUT2D eigenvalue weighted by atomic mass is 16.5. The van der Waals surface area contributed by atoms with Crippen LogP contribution in [0.5, 0.6) is 0 Å². The maximum absolute atomic E-state index is 11.9. The van der Waals surface area contributed by atoms with Crippen molar-refractivity contribution in [2.24, 2.45) is 5.92 Å². The molecule has 1 atom stereocenters. The summed E-state index contributed by atoms with van der Waals surface area (Å²) in [6.45, 7) is 0.693. The van der Waals surface area contributed by atoms with E-state index in [1.165, 1.54) is 0 Å². The fourth-order valence-corrected chi connectivity index (χ4v) is 2.79. The molecule has 0 aliphatic heterocycles. The fraction of sp³-hybridized carbons (Fsp3) is 0.348. The van der Waals surface area contributed by atoms with Gasteiger partial charge in [0.05, 0.1) is 12.3 Å². The van der Waals surface area contributed by atoms with Crippen molar-refractivity contribution in [1.29, 1.82) is 0 Å². The average molecular weight is 413 g/mol. The molecular weight excluding hydrogens is 386 g/mol. The Morgan fingerprint density at radius 1 is 0.833 bits per heavy atom. The van der Waals surface area contributed by atoms with Crippen LogP contribution in [0.4, 0.5) is 4.79 Å². The van der Waals surface area contributed by atoms with Gasteiger partial charge < -0.3 is 19.9 Å². The van der Waals surface area contributed by atoms with Gasteiger partial charge in [0.25, 0.3) is 0 Å². The molecule has 0 aliphatic carbocycles. The minimum Gasteiger partial charge on any atom is -0.481 e. The molecule has 2 aromatic carbocycles. The van der Waals surface area contributed by atoms with Gasteiger partial charge in [0, 0.05) is 6.54 Å². The monoisotopic (exact) mass is 413 g/mol. The molecule has 160 valence electrons. The molecule has 0 saturated carbocycles. The molecule has 0 saturated heterocycles. The Morgan fingerprint density at radius 3 is 1.97 bits per heavy atom. The maximum atomic E-state index is 11.9. The highest BCUT2D eigenvalue weighted by Crippen LogP contribution is 2.15. The van der Waals surface area contributed by atoms with E-state index >= 15 is 0 Å². The van der Waals surface area contributed by atoms with E-state index in [-0.39, 0.29) is 19.6 Å². The Kier molecular flexibility index (Phi) is 9.92. The van der Waals surface area contributed by atoms with E-state index in [0.29, 0.717) is 25.8 Å². The molecule has 7 heteroatoms. The minimum absolute atomic E-state index is 0.126. The van der Waals surface area contributed by atoms with Gasteiger partial charge >= 0.3 is 18.0 Å². The number of benzene rings is 2. The quantitative estimate of drug-likeness (QED) is 0.404. The number of carboxylic acid groups (broad SMARTS) is 1. The van der Waals surface area contributed by atoms with Crippen molar-refractivity contribution in [3.05, 3.63) is 71.8 Å². The molecule has 0 aromatic heterocycles. The first-order valence-corrected chi connectivity index (χ1v) is 9.91. The van der Waals surface area contributed by atoms with E-state index in [1.807, 2.05) is 60.7 Å². The third-order valence-electron chi connectivity index (χ3n) is 4.47. The van der Waals surface area contributed by atoms with E-state index in [1.54, 1.807) is 0 Å². The molecular formula is C23H27NO6. The molecule has 0 heterocycles. The molecule has 7 nitrogen and oxygen atoms in total. The zero-order chi connectivity index (χ0) is 21.6. The van der Waals surface area contributed by atoms with Crippen LogP contribution in [-0.2, 0) is 32.3 Å². The molecule has 0 fully saturated rings. The number of rotatable bonds is 12. The Balaban J connectivity index is 1.59. The topological polar surface area (TPSA) is 102 Å². The number of hydrogen-bond acceptors (Lipinski definition) is 5. The van der Waals surface area contributed by atoms with Crippen molar-refractivity contribution in [2.75, 3.05) is 6.54 Å². The minimum atomic E-state index is -1.03. The van der Waals surface area contributed by atoms with E-state index in [9.17, 15) is 19.5 Å². The number of ether oxygens (including phenoxy) is 2. The number of carboxylic acids is 1. The van der Waals surface area contributed by atoms with Crippen LogP contribution in [0.1, 0.15) is 36.8 Å². The lowest BCUT2D eigenvalue weighted by Gasteiger charge is -2.12. The summed E-state index contributed by atoms with van der Waals surface area (Å²) >= 11 is 0. The molecule has 0 unspecified atom stereocenters. The van der Waals surface area contributed by atoms with Gasteiger partial charge in [-0.15, -0.1) is 0 Å². The molecule has 30 heavy (non-hydrogen) atoms. The Hall–Kier alpha value is -3.35. The number of carbonyl (C=O) groups excluding carboxylic acids is 2. The summed E-state index contributed by atoms with van der Waals surface area (Å²) in [4.78, 5) is 35.0. The Bertz CT molecular complexity index is 794. The number of aliphatic carboxylic acids is 1. The summed E-state index contributed by atoms with van der Waals surface area (Å²) < 4.78 is 10.3. The highest BCUT2D eigenvalue weighted by molar-refractivity contribution is 5.78. The van der Waals surface area contributed by atoms with Crippen molar-refractivity contribution in [3.8, 4) is 0 Å². The Morgan fingerprint density at radius 2 is 1.40 bits per heavy atom. The summed E-state index contributed by atoms with van der Waals surface area (Å²) in [5.74, 6) is -2.37. The van der Waals surface area contributed by atoms with Gasteiger partial charge in [-0.1, -0.05) is 67.1 Å². The van der Waals surface area contributed by atoms with E-state index in [2.05, 4.69) is 5.32 Å². The van der Waals surface area contributed by atoms with Gasteiger partial charge in [0.1, 0.15) is 13.2 Å². The number of carbonyl (C=O) groups is 3. The molecule has 2 rings (SSSR count). The molecule has 0 aliphatic rings. The van der Waals surface area contributed by atoms with Crippen LogP contribution in [0.15, 0.2) is 60.7 Å². The van der Waals surface area contributed by atoms with Crippen molar-refractivity contribution >= 4 is 18.0 Å². The highest BCUT2D eigenvalue weighted by Gasteiger charge is 2.21. The summed E-state index contributed by atoms with van der Waals surface area (Å²) in [5.41, 5.74) is 1.75. The predicted octanol–water partition coefficient (Wildman–Crippen LogP) is 3.92. The molecule has 1 amide bonds. The van der Waals surface area contributed by atoms with Crippen LogP contribution in [-0.4, -0.2) is 29.7 Å². The summed E-state index contributed by atoms with van der Waals surface area (Å²) in [6, 6.07) is 18.6. The number of hydrogen-bond donors (Lipinski definition) is 2.